The number of methoxy groups -OCH3 is 2. The van der Waals surface area contributed by atoms with Gasteiger partial charge in [-0.3, -0.25) is 0 Å². The molecule has 0 saturated heterocycles. The number of ether oxygens (including phenoxy) is 2. The molecule has 1 aliphatic heterocycles. The van der Waals surface area contributed by atoms with Gasteiger partial charge in [0.15, 0.2) is 11.5 Å². The molecule has 22 heavy (non-hydrogen) atoms. The van der Waals surface area contributed by atoms with Crippen molar-refractivity contribution in [3.05, 3.63) is 28.3 Å². The summed E-state index contributed by atoms with van der Waals surface area (Å²) in [6, 6.07) is 3.03. The number of hydrogen-bond acceptors (Lipinski definition) is 5. The standard InChI is InChI=1S/C14H19BrN2O4S/c1-20-12-7-11(15)14(8-13(12)21-2)22(18,19)17-9-10-3-5-16-6-4-10/h3,7-8,16-17H,4-6,9H2,1-2H3. The first kappa shape index (κ1) is 17.3. The predicted molar refractivity (Wildman–Crippen MR) is 88.0 cm³/mol. The second kappa shape index (κ2) is 7.45. The highest BCUT2D eigenvalue weighted by atomic mass is 79.9. The van der Waals surface area contributed by atoms with E-state index in [1.54, 1.807) is 6.07 Å². The fourth-order valence-corrected chi connectivity index (χ4v) is 4.21. The van der Waals surface area contributed by atoms with E-state index in [1.165, 1.54) is 20.3 Å². The first-order valence-electron chi connectivity index (χ1n) is 6.77. The van der Waals surface area contributed by atoms with Crippen molar-refractivity contribution in [3.63, 3.8) is 0 Å². The average molecular weight is 391 g/mol. The normalized spacial score (nSPS) is 15.3. The van der Waals surface area contributed by atoms with E-state index in [2.05, 4.69) is 26.0 Å². The third-order valence-electron chi connectivity index (χ3n) is 3.37. The third-order valence-corrected chi connectivity index (χ3v) is 5.73. The monoisotopic (exact) mass is 390 g/mol. The molecule has 1 aromatic carbocycles. The van der Waals surface area contributed by atoms with Gasteiger partial charge in [0, 0.05) is 23.6 Å². The minimum atomic E-state index is -3.64. The van der Waals surface area contributed by atoms with Crippen molar-refractivity contribution >= 4 is 26.0 Å². The summed E-state index contributed by atoms with van der Waals surface area (Å²) in [5.41, 5.74) is 1.08. The lowest BCUT2D eigenvalue weighted by Crippen LogP contribution is -2.30. The Hall–Kier alpha value is -1.09. The van der Waals surface area contributed by atoms with Crippen LogP contribution >= 0.6 is 15.9 Å². The highest BCUT2D eigenvalue weighted by molar-refractivity contribution is 9.10. The summed E-state index contributed by atoms with van der Waals surface area (Å²) in [6.45, 7) is 1.95. The molecule has 1 aliphatic rings. The van der Waals surface area contributed by atoms with E-state index in [-0.39, 0.29) is 4.90 Å². The molecule has 0 bridgehead atoms. The van der Waals surface area contributed by atoms with Gasteiger partial charge in [0.05, 0.1) is 14.2 Å². The van der Waals surface area contributed by atoms with Crippen LogP contribution in [-0.2, 0) is 10.0 Å². The zero-order valence-electron chi connectivity index (χ0n) is 12.5. The maximum Gasteiger partial charge on any atom is 0.242 e. The average Bonchev–Trinajstić information content (AvgIpc) is 2.53. The number of sulfonamides is 1. The van der Waals surface area contributed by atoms with Crippen LogP contribution in [0.4, 0.5) is 0 Å². The lowest BCUT2D eigenvalue weighted by molar-refractivity contribution is 0.353. The predicted octanol–water partition coefficient (Wildman–Crippen LogP) is 1.66. The first-order chi connectivity index (χ1) is 10.5. The highest BCUT2D eigenvalue weighted by Crippen LogP contribution is 2.35. The Kier molecular flexibility index (Phi) is 5.85. The number of benzene rings is 1. The lowest BCUT2D eigenvalue weighted by atomic mass is 10.1. The van der Waals surface area contributed by atoms with Crippen LogP contribution in [0.3, 0.4) is 0 Å². The summed E-state index contributed by atoms with van der Waals surface area (Å²) in [6.07, 6.45) is 2.85. The van der Waals surface area contributed by atoms with Gasteiger partial charge in [-0.25, -0.2) is 13.1 Å². The minimum Gasteiger partial charge on any atom is -0.493 e. The zero-order chi connectivity index (χ0) is 16.2. The van der Waals surface area contributed by atoms with Gasteiger partial charge >= 0.3 is 0 Å². The van der Waals surface area contributed by atoms with Crippen molar-refractivity contribution in [2.24, 2.45) is 0 Å². The van der Waals surface area contributed by atoms with Gasteiger partial charge in [0.25, 0.3) is 0 Å². The Morgan fingerprint density at radius 3 is 2.55 bits per heavy atom. The van der Waals surface area contributed by atoms with Crippen LogP contribution in [0, 0.1) is 0 Å². The molecule has 0 fully saturated rings. The number of rotatable bonds is 6. The van der Waals surface area contributed by atoms with E-state index in [4.69, 9.17) is 9.47 Å². The molecule has 0 amide bonds. The quantitative estimate of drug-likeness (QED) is 0.722. The molecule has 0 spiro atoms. The van der Waals surface area contributed by atoms with Crippen molar-refractivity contribution in [1.82, 2.24) is 10.0 Å². The van der Waals surface area contributed by atoms with Crippen molar-refractivity contribution in [3.8, 4) is 11.5 Å². The lowest BCUT2D eigenvalue weighted by Gasteiger charge is -2.16. The van der Waals surface area contributed by atoms with Crippen molar-refractivity contribution in [1.29, 1.82) is 0 Å². The SMILES string of the molecule is COc1cc(Br)c(S(=O)(=O)NCC2=CCNCC2)cc1OC. The van der Waals surface area contributed by atoms with Crippen LogP contribution in [0.2, 0.25) is 0 Å². The van der Waals surface area contributed by atoms with Crippen molar-refractivity contribution in [2.45, 2.75) is 11.3 Å². The Morgan fingerprint density at radius 1 is 1.27 bits per heavy atom. The molecule has 8 heteroatoms. The second-order valence-electron chi connectivity index (χ2n) is 4.78. The molecular weight excluding hydrogens is 372 g/mol. The summed E-state index contributed by atoms with van der Waals surface area (Å²) in [4.78, 5) is 0.125. The molecule has 1 aromatic rings. The Morgan fingerprint density at radius 2 is 1.95 bits per heavy atom. The molecule has 6 nitrogen and oxygen atoms in total. The molecule has 2 N–H and O–H groups in total. The number of halogens is 1. The first-order valence-corrected chi connectivity index (χ1v) is 9.05. The van der Waals surface area contributed by atoms with Gasteiger partial charge in [-0.1, -0.05) is 11.6 Å². The van der Waals surface area contributed by atoms with Crippen molar-refractivity contribution in [2.75, 3.05) is 33.9 Å². The molecule has 122 valence electrons. The maximum absolute atomic E-state index is 12.5. The molecule has 0 radical (unpaired) electrons. The molecular formula is C14H19BrN2O4S. The number of nitrogens with one attached hydrogen (secondary N) is 2. The van der Waals surface area contributed by atoms with Crippen LogP contribution in [0.1, 0.15) is 6.42 Å². The summed E-state index contributed by atoms with van der Waals surface area (Å²) < 4.78 is 38.3. The van der Waals surface area contributed by atoms with Crippen LogP contribution in [0.5, 0.6) is 11.5 Å². The van der Waals surface area contributed by atoms with Gasteiger partial charge in [0.1, 0.15) is 4.90 Å². The summed E-state index contributed by atoms with van der Waals surface area (Å²) >= 11 is 3.27. The summed E-state index contributed by atoms with van der Waals surface area (Å²) in [5, 5.41) is 3.19. The Bertz CT molecular complexity index is 674. The summed E-state index contributed by atoms with van der Waals surface area (Å²) in [7, 11) is -0.674. The third kappa shape index (κ3) is 4.01. The molecule has 0 saturated carbocycles. The highest BCUT2D eigenvalue weighted by Gasteiger charge is 2.21. The largest absolute Gasteiger partial charge is 0.493 e. The zero-order valence-corrected chi connectivity index (χ0v) is 14.9. The van der Waals surface area contributed by atoms with Crippen LogP contribution < -0.4 is 19.5 Å². The van der Waals surface area contributed by atoms with E-state index in [9.17, 15) is 8.42 Å². The van der Waals surface area contributed by atoms with Gasteiger partial charge in [-0.05, 0) is 35.0 Å². The molecule has 0 atom stereocenters. The molecule has 1 heterocycles. The van der Waals surface area contributed by atoms with Crippen LogP contribution in [-0.4, -0.2) is 42.3 Å². The topological polar surface area (TPSA) is 76.7 Å². The van der Waals surface area contributed by atoms with Gasteiger partial charge in [0.2, 0.25) is 10.0 Å². The fourth-order valence-electron chi connectivity index (χ4n) is 2.14. The van der Waals surface area contributed by atoms with E-state index >= 15 is 0 Å². The molecule has 2 rings (SSSR count). The van der Waals surface area contributed by atoms with Crippen LogP contribution in [0.15, 0.2) is 33.2 Å². The summed E-state index contributed by atoms with van der Waals surface area (Å²) in [5.74, 6) is 0.835. The number of hydrogen-bond donors (Lipinski definition) is 2. The van der Waals surface area contributed by atoms with Gasteiger partial charge in [-0.15, -0.1) is 0 Å². The van der Waals surface area contributed by atoms with Crippen LogP contribution in [0.25, 0.3) is 0 Å². The Labute approximate surface area is 139 Å². The minimum absolute atomic E-state index is 0.125. The molecule has 0 aliphatic carbocycles. The van der Waals surface area contributed by atoms with E-state index < -0.39 is 10.0 Å². The molecule has 0 unspecified atom stereocenters. The van der Waals surface area contributed by atoms with Gasteiger partial charge < -0.3 is 14.8 Å². The van der Waals surface area contributed by atoms with E-state index in [0.29, 0.717) is 22.5 Å². The van der Waals surface area contributed by atoms with Gasteiger partial charge in [-0.2, -0.15) is 0 Å². The van der Waals surface area contributed by atoms with Crippen molar-refractivity contribution < 1.29 is 17.9 Å². The maximum atomic E-state index is 12.5. The smallest absolute Gasteiger partial charge is 0.242 e. The van der Waals surface area contributed by atoms with E-state index in [1.807, 2.05) is 6.08 Å². The fraction of sp³-hybridized carbons (Fsp3) is 0.429. The van der Waals surface area contributed by atoms with E-state index in [0.717, 1.165) is 25.1 Å². The molecule has 0 aromatic heterocycles. The second-order valence-corrected chi connectivity index (χ2v) is 7.37. The Balaban J connectivity index is 2.23.